The van der Waals surface area contributed by atoms with Gasteiger partial charge in [0.1, 0.15) is 0 Å². The quantitative estimate of drug-likeness (QED) is 0.572. The van der Waals surface area contributed by atoms with Crippen LogP contribution < -0.4 is 5.32 Å². The minimum atomic E-state index is 0.467. The third-order valence-electron chi connectivity index (χ3n) is 4.89. The van der Waals surface area contributed by atoms with Crippen molar-refractivity contribution in [3.63, 3.8) is 0 Å². The van der Waals surface area contributed by atoms with Crippen LogP contribution >= 0.6 is 0 Å². The minimum absolute atomic E-state index is 0.467. The second-order valence-corrected chi connectivity index (χ2v) is 6.85. The van der Waals surface area contributed by atoms with Crippen molar-refractivity contribution in [1.82, 2.24) is 10.2 Å². The molecule has 2 heteroatoms. The van der Waals surface area contributed by atoms with Crippen molar-refractivity contribution in [2.75, 3.05) is 26.2 Å². The van der Waals surface area contributed by atoms with Gasteiger partial charge in [0.05, 0.1) is 0 Å². The number of rotatable bonds is 11. The van der Waals surface area contributed by atoms with Gasteiger partial charge in [-0.05, 0) is 63.8 Å². The smallest absolute Gasteiger partial charge is 0.00528 e. The van der Waals surface area contributed by atoms with E-state index in [1.807, 2.05) is 0 Å². The van der Waals surface area contributed by atoms with Gasteiger partial charge in [-0.1, -0.05) is 20.8 Å². The Bertz CT molecular complexity index is 229. The van der Waals surface area contributed by atoms with Gasteiger partial charge < -0.3 is 10.2 Å². The van der Waals surface area contributed by atoms with Gasteiger partial charge in [0.25, 0.3) is 0 Å². The molecule has 0 aromatic carbocycles. The second kappa shape index (κ2) is 8.26. The summed E-state index contributed by atoms with van der Waals surface area (Å²) in [5.41, 5.74) is 0.467. The highest BCUT2D eigenvalue weighted by molar-refractivity contribution is 4.87. The normalized spacial score (nSPS) is 16.6. The van der Waals surface area contributed by atoms with Gasteiger partial charge in [0.2, 0.25) is 0 Å². The first-order valence-electron chi connectivity index (χ1n) is 8.51. The van der Waals surface area contributed by atoms with Crippen molar-refractivity contribution in [3.8, 4) is 0 Å². The number of nitrogens with zero attached hydrogens (tertiary/aromatic N) is 1. The molecule has 114 valence electrons. The number of hydrogen-bond donors (Lipinski definition) is 1. The molecular weight excluding hydrogens is 232 g/mol. The predicted octanol–water partition coefficient (Wildman–Crippen LogP) is 3.91. The zero-order valence-corrected chi connectivity index (χ0v) is 14.0. The van der Waals surface area contributed by atoms with Crippen molar-refractivity contribution in [2.45, 2.75) is 72.8 Å². The van der Waals surface area contributed by atoms with Gasteiger partial charge >= 0.3 is 0 Å². The molecule has 0 heterocycles. The summed E-state index contributed by atoms with van der Waals surface area (Å²) in [6.07, 6.45) is 6.73. The molecule has 0 unspecified atom stereocenters. The molecule has 0 aromatic heterocycles. The first-order valence-corrected chi connectivity index (χ1v) is 8.51. The Morgan fingerprint density at radius 1 is 1.16 bits per heavy atom. The molecule has 0 bridgehead atoms. The van der Waals surface area contributed by atoms with Crippen molar-refractivity contribution >= 4 is 0 Å². The highest BCUT2D eigenvalue weighted by Crippen LogP contribution is 2.33. The van der Waals surface area contributed by atoms with Crippen LogP contribution in [-0.2, 0) is 0 Å². The molecule has 1 aliphatic rings. The lowest BCUT2D eigenvalue weighted by Crippen LogP contribution is -2.46. The molecule has 1 rings (SSSR count). The molecule has 0 aromatic rings. The lowest BCUT2D eigenvalue weighted by molar-refractivity contribution is 0.105. The molecule has 1 saturated carbocycles. The molecule has 19 heavy (non-hydrogen) atoms. The second-order valence-electron chi connectivity index (χ2n) is 6.85. The van der Waals surface area contributed by atoms with Crippen LogP contribution in [0.3, 0.4) is 0 Å². The van der Waals surface area contributed by atoms with Crippen LogP contribution in [0.4, 0.5) is 0 Å². The summed E-state index contributed by atoms with van der Waals surface area (Å²) in [4.78, 5) is 2.73. The maximum atomic E-state index is 3.66. The Hall–Kier alpha value is -0.0800. The van der Waals surface area contributed by atoms with Crippen LogP contribution in [0.15, 0.2) is 0 Å². The summed E-state index contributed by atoms with van der Waals surface area (Å²) in [5.74, 6) is 0.998. The standard InChI is InChI=1S/C17H36N2/c1-6-11-18-13-17(7-2,8-3)14-19(15(4)5)12-16-9-10-16/h15-16,18H,6-14H2,1-5H3. The molecule has 0 aliphatic heterocycles. The largest absolute Gasteiger partial charge is 0.316 e. The van der Waals surface area contributed by atoms with Crippen molar-refractivity contribution in [1.29, 1.82) is 0 Å². The third-order valence-corrected chi connectivity index (χ3v) is 4.89. The Morgan fingerprint density at radius 2 is 1.79 bits per heavy atom. The van der Waals surface area contributed by atoms with Crippen molar-refractivity contribution < 1.29 is 0 Å². The molecule has 0 spiro atoms. The Labute approximate surface area is 121 Å². The van der Waals surface area contributed by atoms with E-state index in [4.69, 9.17) is 0 Å². The summed E-state index contributed by atoms with van der Waals surface area (Å²) >= 11 is 0. The fourth-order valence-electron chi connectivity index (χ4n) is 2.83. The molecule has 1 aliphatic carbocycles. The average Bonchev–Trinajstić information content (AvgIpc) is 3.20. The van der Waals surface area contributed by atoms with Gasteiger partial charge in [-0.15, -0.1) is 0 Å². The van der Waals surface area contributed by atoms with Gasteiger partial charge in [-0.3, -0.25) is 0 Å². The summed E-state index contributed by atoms with van der Waals surface area (Å²) in [5, 5.41) is 3.66. The van der Waals surface area contributed by atoms with Crippen LogP contribution in [0.25, 0.3) is 0 Å². The van der Waals surface area contributed by atoms with Gasteiger partial charge in [-0.2, -0.15) is 0 Å². The van der Waals surface area contributed by atoms with E-state index in [2.05, 4.69) is 44.8 Å². The van der Waals surface area contributed by atoms with Crippen molar-refractivity contribution in [3.05, 3.63) is 0 Å². The van der Waals surface area contributed by atoms with Crippen LogP contribution in [0.5, 0.6) is 0 Å². The van der Waals surface area contributed by atoms with Crippen LogP contribution in [0.1, 0.15) is 66.7 Å². The topological polar surface area (TPSA) is 15.3 Å². The molecule has 0 radical (unpaired) electrons. The molecule has 1 N–H and O–H groups in total. The number of nitrogens with one attached hydrogen (secondary N) is 1. The SMILES string of the molecule is CCCNCC(CC)(CC)CN(CC1CC1)C(C)C. The summed E-state index contributed by atoms with van der Waals surface area (Å²) < 4.78 is 0. The lowest BCUT2D eigenvalue weighted by Gasteiger charge is -2.39. The van der Waals surface area contributed by atoms with E-state index in [0.717, 1.165) is 12.5 Å². The fourth-order valence-corrected chi connectivity index (χ4v) is 2.83. The maximum Gasteiger partial charge on any atom is 0.00528 e. The van der Waals surface area contributed by atoms with Crippen LogP contribution in [-0.4, -0.2) is 37.1 Å². The van der Waals surface area contributed by atoms with E-state index in [1.165, 1.54) is 51.7 Å². The fraction of sp³-hybridized carbons (Fsp3) is 1.00. The highest BCUT2D eigenvalue weighted by Gasteiger charge is 2.32. The Kier molecular flexibility index (Phi) is 7.38. The molecule has 2 nitrogen and oxygen atoms in total. The zero-order valence-electron chi connectivity index (χ0n) is 14.0. The average molecular weight is 268 g/mol. The van der Waals surface area contributed by atoms with E-state index in [0.29, 0.717) is 11.5 Å². The summed E-state index contributed by atoms with van der Waals surface area (Å²) in [7, 11) is 0. The van der Waals surface area contributed by atoms with E-state index in [1.54, 1.807) is 0 Å². The van der Waals surface area contributed by atoms with Crippen molar-refractivity contribution in [2.24, 2.45) is 11.3 Å². The van der Waals surface area contributed by atoms with Crippen LogP contribution in [0, 0.1) is 11.3 Å². The monoisotopic (exact) mass is 268 g/mol. The first kappa shape index (κ1) is 17.0. The predicted molar refractivity (Wildman–Crippen MR) is 85.6 cm³/mol. The van der Waals surface area contributed by atoms with Gasteiger partial charge in [0.15, 0.2) is 0 Å². The maximum absolute atomic E-state index is 3.66. The first-order chi connectivity index (χ1) is 9.06. The Morgan fingerprint density at radius 3 is 2.21 bits per heavy atom. The van der Waals surface area contributed by atoms with E-state index >= 15 is 0 Å². The van der Waals surface area contributed by atoms with Gasteiger partial charge in [-0.25, -0.2) is 0 Å². The summed E-state index contributed by atoms with van der Waals surface area (Å²) in [6.45, 7) is 16.6. The highest BCUT2D eigenvalue weighted by atomic mass is 15.2. The molecular formula is C17H36N2. The van der Waals surface area contributed by atoms with E-state index in [9.17, 15) is 0 Å². The zero-order chi connectivity index (χ0) is 14.3. The minimum Gasteiger partial charge on any atom is -0.316 e. The molecule has 0 amide bonds. The third kappa shape index (κ3) is 5.83. The van der Waals surface area contributed by atoms with Crippen LogP contribution in [0.2, 0.25) is 0 Å². The molecule has 1 fully saturated rings. The van der Waals surface area contributed by atoms with E-state index < -0.39 is 0 Å². The van der Waals surface area contributed by atoms with E-state index in [-0.39, 0.29) is 0 Å². The molecule has 0 atom stereocenters. The lowest BCUT2D eigenvalue weighted by atomic mass is 9.81. The summed E-state index contributed by atoms with van der Waals surface area (Å²) in [6, 6.07) is 0.684. The van der Waals surface area contributed by atoms with Gasteiger partial charge in [0, 0.05) is 25.7 Å². The molecule has 0 saturated heterocycles. The Balaban J connectivity index is 2.55. The number of hydrogen-bond acceptors (Lipinski definition) is 2.